The summed E-state index contributed by atoms with van der Waals surface area (Å²) in [5, 5.41) is 0. The summed E-state index contributed by atoms with van der Waals surface area (Å²) in [5.41, 5.74) is -10.1. The van der Waals surface area contributed by atoms with Crippen LogP contribution in [0.5, 0.6) is 0 Å². The van der Waals surface area contributed by atoms with Gasteiger partial charge in [0.1, 0.15) is 0 Å². The Morgan fingerprint density at radius 1 is 0.500 bits per heavy atom. The number of hydrogen-bond acceptors (Lipinski definition) is 0. The highest BCUT2D eigenvalue weighted by Crippen LogP contribution is 2.51. The highest BCUT2D eigenvalue weighted by molar-refractivity contribution is 7.44. The molecule has 0 bridgehead atoms. The molecular formula is C6H6F10P2. The first-order valence-corrected chi connectivity index (χ1v) is 6.51. The zero-order valence-electron chi connectivity index (χ0n) is 8.19. The summed E-state index contributed by atoms with van der Waals surface area (Å²) in [6.45, 7) is 0. The summed E-state index contributed by atoms with van der Waals surface area (Å²) in [5.74, 6) is 0. The molecule has 12 heteroatoms. The Morgan fingerprint density at radius 2 is 0.722 bits per heavy atom. The Kier molecular flexibility index (Phi) is 5.70. The minimum absolute atomic E-state index is 1.05. The van der Waals surface area contributed by atoms with E-state index in [0.717, 1.165) is 0 Å². The lowest BCUT2D eigenvalue weighted by Gasteiger charge is -2.21. The van der Waals surface area contributed by atoms with Crippen molar-refractivity contribution in [3.63, 3.8) is 0 Å². The van der Waals surface area contributed by atoms with Gasteiger partial charge in [-0.25, -0.2) is 0 Å². The summed E-state index contributed by atoms with van der Waals surface area (Å²) in [6, 6.07) is 0. The molecule has 0 N–H and O–H groups in total. The topological polar surface area (TPSA) is 0 Å². The summed E-state index contributed by atoms with van der Waals surface area (Å²) in [7, 11) is -4.14. The van der Waals surface area contributed by atoms with E-state index in [1.807, 2.05) is 0 Å². The van der Waals surface area contributed by atoms with Crippen molar-refractivity contribution in [2.45, 2.75) is 23.7 Å². The van der Waals surface area contributed by atoms with Crippen LogP contribution in [0.15, 0.2) is 0 Å². The third-order valence-corrected chi connectivity index (χ3v) is 4.49. The van der Waals surface area contributed by atoms with Gasteiger partial charge in [0.2, 0.25) is 0 Å². The molecular weight excluding hydrogens is 324 g/mol. The van der Waals surface area contributed by atoms with E-state index in [-0.39, 0.29) is 0 Å². The summed E-state index contributed by atoms with van der Waals surface area (Å²) >= 11 is 0. The Bertz CT molecular complexity index is 239. The molecule has 2 unspecified atom stereocenters. The van der Waals surface area contributed by atoms with Crippen LogP contribution in [0, 0.1) is 0 Å². The molecule has 0 aliphatic carbocycles. The maximum Gasteiger partial charge on any atom is 0.457 e. The smallest absolute Gasteiger partial charge is 0.192 e. The van der Waals surface area contributed by atoms with Gasteiger partial charge in [0.05, 0.1) is 0 Å². The lowest BCUT2D eigenvalue weighted by Crippen LogP contribution is -2.33. The van der Waals surface area contributed by atoms with Crippen LogP contribution in [-0.2, 0) is 0 Å². The van der Waals surface area contributed by atoms with Gasteiger partial charge in [-0.05, 0) is 29.5 Å². The highest BCUT2D eigenvalue weighted by atomic mass is 31.1. The van der Waals surface area contributed by atoms with Gasteiger partial charge >= 0.3 is 23.7 Å². The molecule has 0 saturated heterocycles. The van der Waals surface area contributed by atoms with Crippen molar-refractivity contribution in [3.8, 4) is 0 Å². The summed E-state index contributed by atoms with van der Waals surface area (Å²) in [4.78, 5) is 0. The zero-order valence-corrected chi connectivity index (χ0v) is 10.2. The lowest BCUT2D eigenvalue weighted by molar-refractivity contribution is -0.240. The maximum absolute atomic E-state index is 12.3. The molecule has 0 heterocycles. The molecule has 18 heavy (non-hydrogen) atoms. The SMILES string of the molecule is FC(F)(F)C(F)(F)PCCPC(F)(F)C(F)(F)F. The van der Waals surface area contributed by atoms with Gasteiger partial charge in [0.25, 0.3) is 0 Å². The van der Waals surface area contributed by atoms with Gasteiger partial charge in [-0.1, -0.05) is 0 Å². The minimum atomic E-state index is -5.82. The van der Waals surface area contributed by atoms with Crippen LogP contribution in [0.1, 0.15) is 0 Å². The number of alkyl halides is 10. The first-order valence-electron chi connectivity index (χ1n) is 4.10. The van der Waals surface area contributed by atoms with E-state index in [4.69, 9.17) is 0 Å². The van der Waals surface area contributed by atoms with Gasteiger partial charge in [-0.15, -0.1) is 0 Å². The molecule has 0 radical (unpaired) electrons. The second-order valence-corrected chi connectivity index (χ2v) is 5.96. The van der Waals surface area contributed by atoms with Gasteiger partial charge in [0, 0.05) is 0 Å². The van der Waals surface area contributed by atoms with Crippen molar-refractivity contribution in [3.05, 3.63) is 0 Å². The molecule has 2 atom stereocenters. The quantitative estimate of drug-likeness (QED) is 0.391. The number of rotatable bonds is 5. The van der Waals surface area contributed by atoms with Crippen molar-refractivity contribution < 1.29 is 43.9 Å². The molecule has 0 aromatic heterocycles. The fraction of sp³-hybridized carbons (Fsp3) is 1.00. The Labute approximate surface area is 98.0 Å². The van der Waals surface area contributed by atoms with E-state index in [1.54, 1.807) is 0 Å². The van der Waals surface area contributed by atoms with Gasteiger partial charge < -0.3 is 0 Å². The van der Waals surface area contributed by atoms with E-state index in [0.29, 0.717) is 0 Å². The average molecular weight is 330 g/mol. The first-order chi connectivity index (χ1) is 7.71. The molecule has 0 nitrogen and oxygen atoms in total. The highest BCUT2D eigenvalue weighted by Gasteiger charge is 2.58. The Balaban J connectivity index is 4.17. The number of halogens is 10. The second-order valence-electron chi connectivity index (χ2n) is 3.00. The third kappa shape index (κ3) is 5.03. The molecule has 0 aliphatic rings. The molecule has 0 fully saturated rings. The fourth-order valence-corrected chi connectivity index (χ4v) is 2.67. The normalized spacial score (nSPS) is 16.3. The largest absolute Gasteiger partial charge is 0.457 e. The molecule has 0 spiro atoms. The standard InChI is InChI=1S/C6H6F10P2/c7-3(8,9)5(13,14)17-1-2-18-6(15,16)4(10,11)12/h17-18H,1-2H2. The van der Waals surface area contributed by atoms with Crippen molar-refractivity contribution in [1.29, 1.82) is 0 Å². The molecule has 0 saturated carbocycles. The van der Waals surface area contributed by atoms with Crippen molar-refractivity contribution in [2.75, 3.05) is 12.3 Å². The molecule has 0 aliphatic heterocycles. The molecule has 0 aromatic carbocycles. The molecule has 0 amide bonds. The predicted molar refractivity (Wildman–Crippen MR) is 48.4 cm³/mol. The monoisotopic (exact) mass is 330 g/mol. The average Bonchev–Trinajstić information content (AvgIpc) is 2.08. The van der Waals surface area contributed by atoms with E-state index >= 15 is 0 Å². The fourth-order valence-electron chi connectivity index (χ4n) is 0.639. The summed E-state index contributed by atoms with van der Waals surface area (Å²) in [6.07, 6.45) is -13.7. The molecule has 110 valence electrons. The third-order valence-electron chi connectivity index (χ3n) is 1.53. The van der Waals surface area contributed by atoms with Crippen LogP contribution in [0.3, 0.4) is 0 Å². The van der Waals surface area contributed by atoms with Gasteiger partial charge in [0.15, 0.2) is 0 Å². The molecule has 0 rings (SSSR count). The Hall–Kier alpha value is 0.160. The van der Waals surface area contributed by atoms with Crippen molar-refractivity contribution >= 4 is 17.2 Å². The van der Waals surface area contributed by atoms with E-state index in [9.17, 15) is 43.9 Å². The van der Waals surface area contributed by atoms with Crippen LogP contribution >= 0.6 is 17.2 Å². The maximum atomic E-state index is 12.3. The second kappa shape index (κ2) is 5.65. The van der Waals surface area contributed by atoms with E-state index < -0.39 is 53.2 Å². The van der Waals surface area contributed by atoms with Crippen LogP contribution in [0.25, 0.3) is 0 Å². The zero-order chi connectivity index (χ0) is 14.8. The predicted octanol–water partition coefficient (Wildman–Crippen LogP) is 4.65. The van der Waals surface area contributed by atoms with Crippen molar-refractivity contribution in [1.82, 2.24) is 0 Å². The number of hydrogen-bond donors (Lipinski definition) is 0. The lowest BCUT2D eigenvalue weighted by atomic mass is 10.7. The van der Waals surface area contributed by atoms with Crippen LogP contribution < -0.4 is 0 Å². The van der Waals surface area contributed by atoms with Gasteiger partial charge in [-0.2, -0.15) is 43.9 Å². The van der Waals surface area contributed by atoms with Crippen LogP contribution in [-0.4, -0.2) is 36.0 Å². The van der Waals surface area contributed by atoms with E-state index in [1.165, 1.54) is 0 Å². The van der Waals surface area contributed by atoms with E-state index in [2.05, 4.69) is 0 Å². The minimum Gasteiger partial charge on any atom is -0.192 e. The van der Waals surface area contributed by atoms with Gasteiger partial charge in [-0.3, -0.25) is 0 Å². The summed E-state index contributed by atoms with van der Waals surface area (Å²) < 4.78 is 119. The van der Waals surface area contributed by atoms with Crippen molar-refractivity contribution in [2.24, 2.45) is 0 Å². The first kappa shape index (κ1) is 18.2. The molecule has 0 aromatic rings. The van der Waals surface area contributed by atoms with Crippen LogP contribution in [0.4, 0.5) is 43.9 Å². The Morgan fingerprint density at radius 3 is 0.889 bits per heavy atom. The van der Waals surface area contributed by atoms with Crippen LogP contribution in [0.2, 0.25) is 0 Å².